The minimum Gasteiger partial charge on any atom is -0.344 e. The lowest BCUT2D eigenvalue weighted by atomic mass is 10.1. The minimum absolute atomic E-state index is 0.0547. The zero-order valence-electron chi connectivity index (χ0n) is 13.7. The summed E-state index contributed by atoms with van der Waals surface area (Å²) in [6, 6.07) is 9.33. The van der Waals surface area contributed by atoms with Gasteiger partial charge in [0.2, 0.25) is 11.7 Å². The number of benzene rings is 1. The Bertz CT molecular complexity index is 713. The zero-order valence-corrected chi connectivity index (χ0v) is 13.7. The Morgan fingerprint density at radius 1 is 1.33 bits per heavy atom. The van der Waals surface area contributed by atoms with Crippen LogP contribution >= 0.6 is 0 Å². The van der Waals surface area contributed by atoms with Gasteiger partial charge in [-0.05, 0) is 24.8 Å². The van der Waals surface area contributed by atoms with E-state index in [2.05, 4.69) is 20.5 Å². The first kappa shape index (κ1) is 16.2. The Morgan fingerprint density at radius 2 is 2.12 bits per heavy atom. The summed E-state index contributed by atoms with van der Waals surface area (Å²) >= 11 is 0. The van der Waals surface area contributed by atoms with Crippen molar-refractivity contribution in [2.75, 3.05) is 13.6 Å². The lowest BCUT2D eigenvalue weighted by Crippen LogP contribution is -2.46. The summed E-state index contributed by atoms with van der Waals surface area (Å²) in [7, 11) is 1.76. The van der Waals surface area contributed by atoms with E-state index in [0.29, 0.717) is 18.7 Å². The molecular weight excluding hydrogens is 306 g/mol. The van der Waals surface area contributed by atoms with Gasteiger partial charge in [-0.1, -0.05) is 30.3 Å². The van der Waals surface area contributed by atoms with Crippen molar-refractivity contribution in [3.63, 3.8) is 0 Å². The van der Waals surface area contributed by atoms with Gasteiger partial charge in [-0.2, -0.15) is 0 Å². The van der Waals surface area contributed by atoms with Crippen molar-refractivity contribution in [3.8, 4) is 0 Å². The lowest BCUT2D eigenvalue weighted by molar-refractivity contribution is -0.131. The number of rotatable bonds is 4. The third-order valence-corrected chi connectivity index (χ3v) is 4.17. The molecule has 1 saturated heterocycles. The average Bonchev–Trinajstić information content (AvgIpc) is 3.00. The summed E-state index contributed by atoms with van der Waals surface area (Å²) in [6.45, 7) is 0.729. The fraction of sp³-hybridized carbons (Fsp3) is 0.412. The van der Waals surface area contributed by atoms with Gasteiger partial charge >= 0.3 is 0 Å². The third kappa shape index (κ3) is 3.79. The quantitative estimate of drug-likeness (QED) is 0.881. The predicted molar refractivity (Wildman–Crippen MR) is 88.4 cm³/mol. The summed E-state index contributed by atoms with van der Waals surface area (Å²) in [4.78, 5) is 30.4. The van der Waals surface area contributed by atoms with E-state index < -0.39 is 11.9 Å². The summed E-state index contributed by atoms with van der Waals surface area (Å²) < 4.78 is 0. The van der Waals surface area contributed by atoms with Gasteiger partial charge in [0.1, 0.15) is 11.9 Å². The van der Waals surface area contributed by atoms with Crippen molar-refractivity contribution in [2.45, 2.75) is 31.7 Å². The Morgan fingerprint density at radius 3 is 2.92 bits per heavy atom. The molecule has 2 aromatic rings. The Kier molecular flexibility index (Phi) is 4.88. The molecule has 2 amide bonds. The van der Waals surface area contributed by atoms with Gasteiger partial charge in [0.25, 0.3) is 5.91 Å². The minimum atomic E-state index is -0.499. The number of aromatic amines is 1. The van der Waals surface area contributed by atoms with E-state index in [1.54, 1.807) is 11.9 Å². The standard InChI is InChI=1S/C17H21N5O2/c1-22-10-6-5-9-13(17(22)24)18-16(23)15-19-14(20-21-15)11-12-7-3-2-4-8-12/h2-4,7-8,13H,5-6,9-11H2,1H3,(H,18,23)(H,19,20,21)/t13-/m0/s1. The van der Waals surface area contributed by atoms with Crippen molar-refractivity contribution in [3.05, 3.63) is 47.5 Å². The first-order valence-electron chi connectivity index (χ1n) is 8.14. The molecule has 1 atom stereocenters. The molecule has 2 N–H and O–H groups in total. The van der Waals surface area contributed by atoms with E-state index in [1.165, 1.54) is 0 Å². The second kappa shape index (κ2) is 7.25. The molecule has 0 aliphatic carbocycles. The number of carbonyl (C=O) groups excluding carboxylic acids is 2. The number of carbonyl (C=O) groups is 2. The predicted octanol–water partition coefficient (Wildman–Crippen LogP) is 1.14. The van der Waals surface area contributed by atoms with Gasteiger partial charge in [-0.3, -0.25) is 14.7 Å². The van der Waals surface area contributed by atoms with Crippen LogP contribution < -0.4 is 5.32 Å². The highest BCUT2D eigenvalue weighted by atomic mass is 16.2. The van der Waals surface area contributed by atoms with Gasteiger partial charge in [0, 0.05) is 20.0 Å². The number of hydrogen-bond acceptors (Lipinski definition) is 4. The highest BCUT2D eigenvalue weighted by molar-refractivity contribution is 5.94. The van der Waals surface area contributed by atoms with Crippen molar-refractivity contribution in [2.24, 2.45) is 0 Å². The van der Waals surface area contributed by atoms with Crippen molar-refractivity contribution in [1.29, 1.82) is 0 Å². The Balaban J connectivity index is 1.64. The number of H-pyrrole nitrogens is 1. The molecule has 2 heterocycles. The number of aromatic nitrogens is 3. The number of likely N-dealkylation sites (N-methyl/N-ethyl adjacent to an activating group) is 1. The molecule has 1 fully saturated rings. The van der Waals surface area contributed by atoms with Crippen LogP contribution in [0.25, 0.3) is 0 Å². The van der Waals surface area contributed by atoms with Crippen LogP contribution in [-0.4, -0.2) is 51.5 Å². The SMILES string of the molecule is CN1CCCC[C@H](NC(=O)c2n[nH]c(Cc3ccccc3)n2)C1=O. The normalized spacial score (nSPS) is 18.3. The van der Waals surface area contributed by atoms with Gasteiger partial charge in [0.05, 0.1) is 0 Å². The van der Waals surface area contributed by atoms with Crippen molar-refractivity contribution < 1.29 is 9.59 Å². The number of nitrogens with one attached hydrogen (secondary N) is 2. The maximum Gasteiger partial charge on any atom is 0.291 e. The molecule has 1 aliphatic heterocycles. The molecule has 7 heteroatoms. The molecule has 0 radical (unpaired) electrons. The second-order valence-corrected chi connectivity index (χ2v) is 6.05. The van der Waals surface area contributed by atoms with E-state index in [0.717, 1.165) is 24.9 Å². The van der Waals surface area contributed by atoms with Crippen molar-refractivity contribution in [1.82, 2.24) is 25.4 Å². The molecular formula is C17H21N5O2. The second-order valence-electron chi connectivity index (χ2n) is 6.05. The molecule has 24 heavy (non-hydrogen) atoms. The van der Waals surface area contributed by atoms with Crippen LogP contribution in [0.15, 0.2) is 30.3 Å². The van der Waals surface area contributed by atoms with Crippen LogP contribution in [-0.2, 0) is 11.2 Å². The van der Waals surface area contributed by atoms with E-state index in [4.69, 9.17) is 0 Å². The van der Waals surface area contributed by atoms with Crippen LogP contribution in [0.1, 0.15) is 41.3 Å². The van der Waals surface area contributed by atoms with Gasteiger partial charge in [0.15, 0.2) is 0 Å². The molecule has 3 rings (SSSR count). The monoisotopic (exact) mass is 327 g/mol. The Hall–Kier alpha value is -2.70. The average molecular weight is 327 g/mol. The smallest absolute Gasteiger partial charge is 0.291 e. The van der Waals surface area contributed by atoms with Crippen LogP contribution in [0.3, 0.4) is 0 Å². The summed E-state index contributed by atoms with van der Waals surface area (Å²) in [5, 5.41) is 9.52. The van der Waals surface area contributed by atoms with Crippen molar-refractivity contribution >= 4 is 11.8 Å². The lowest BCUT2D eigenvalue weighted by Gasteiger charge is -2.20. The van der Waals surface area contributed by atoms with E-state index in [-0.39, 0.29) is 11.7 Å². The maximum atomic E-state index is 12.3. The van der Waals surface area contributed by atoms with Crippen LogP contribution in [0.4, 0.5) is 0 Å². The van der Waals surface area contributed by atoms with Gasteiger partial charge in [-0.25, -0.2) is 4.98 Å². The molecule has 7 nitrogen and oxygen atoms in total. The van der Waals surface area contributed by atoms with Crippen LogP contribution in [0.5, 0.6) is 0 Å². The largest absolute Gasteiger partial charge is 0.344 e. The number of amides is 2. The molecule has 126 valence electrons. The number of hydrogen-bond donors (Lipinski definition) is 2. The molecule has 1 aromatic carbocycles. The molecule has 1 aliphatic rings. The number of likely N-dealkylation sites (tertiary alicyclic amines) is 1. The summed E-state index contributed by atoms with van der Waals surface area (Å²) in [6.07, 6.45) is 3.09. The zero-order chi connectivity index (χ0) is 16.9. The van der Waals surface area contributed by atoms with E-state index in [1.807, 2.05) is 30.3 Å². The number of nitrogens with zero attached hydrogens (tertiary/aromatic N) is 3. The molecule has 0 bridgehead atoms. The van der Waals surface area contributed by atoms with E-state index in [9.17, 15) is 9.59 Å². The maximum absolute atomic E-state index is 12.3. The highest BCUT2D eigenvalue weighted by Gasteiger charge is 2.27. The third-order valence-electron chi connectivity index (χ3n) is 4.17. The first-order chi connectivity index (χ1) is 11.6. The molecule has 1 aromatic heterocycles. The fourth-order valence-electron chi connectivity index (χ4n) is 2.82. The topological polar surface area (TPSA) is 91.0 Å². The van der Waals surface area contributed by atoms with Crippen LogP contribution in [0.2, 0.25) is 0 Å². The van der Waals surface area contributed by atoms with E-state index >= 15 is 0 Å². The summed E-state index contributed by atoms with van der Waals surface area (Å²) in [5.41, 5.74) is 1.08. The molecule has 0 saturated carbocycles. The van der Waals surface area contributed by atoms with Gasteiger partial charge in [-0.15, -0.1) is 5.10 Å². The Labute approximate surface area is 140 Å². The first-order valence-corrected chi connectivity index (χ1v) is 8.14. The summed E-state index contributed by atoms with van der Waals surface area (Å²) in [5.74, 6) is 0.219. The molecule has 0 spiro atoms. The fourth-order valence-corrected chi connectivity index (χ4v) is 2.82. The van der Waals surface area contributed by atoms with Crippen LogP contribution in [0, 0.1) is 0 Å². The van der Waals surface area contributed by atoms with Gasteiger partial charge < -0.3 is 10.2 Å². The highest BCUT2D eigenvalue weighted by Crippen LogP contribution is 2.11. The molecule has 0 unspecified atom stereocenters.